The predicted octanol–water partition coefficient (Wildman–Crippen LogP) is 2.73. The molecule has 0 aromatic heterocycles. The molecule has 4 heteroatoms. The lowest BCUT2D eigenvalue weighted by molar-refractivity contribution is 0.354. The van der Waals surface area contributed by atoms with Crippen LogP contribution in [0.25, 0.3) is 0 Å². The van der Waals surface area contributed by atoms with E-state index in [0.717, 1.165) is 23.7 Å². The van der Waals surface area contributed by atoms with Gasteiger partial charge in [0.25, 0.3) is 0 Å². The molecule has 1 aromatic carbocycles. The third kappa shape index (κ3) is 2.53. The Kier molecular flexibility index (Phi) is 3.84. The summed E-state index contributed by atoms with van der Waals surface area (Å²) in [5.74, 6) is 2.54. The van der Waals surface area contributed by atoms with Crippen molar-refractivity contribution >= 4 is 11.8 Å². The number of hydrogen-bond donors (Lipinski definition) is 1. The Morgan fingerprint density at radius 1 is 1.24 bits per heavy atom. The fourth-order valence-electron chi connectivity index (χ4n) is 2.19. The highest BCUT2D eigenvalue weighted by molar-refractivity contribution is 7.99. The van der Waals surface area contributed by atoms with Crippen LogP contribution in [0.3, 0.4) is 0 Å². The van der Waals surface area contributed by atoms with Gasteiger partial charge in [-0.3, -0.25) is 0 Å². The number of ether oxygens (including phenoxy) is 2. The molecule has 0 bridgehead atoms. The van der Waals surface area contributed by atoms with E-state index >= 15 is 0 Å². The Hall–Kier alpha value is -0.870. The highest BCUT2D eigenvalue weighted by Crippen LogP contribution is 2.39. The van der Waals surface area contributed by atoms with E-state index in [0.29, 0.717) is 5.25 Å². The molecule has 0 fully saturated rings. The lowest BCUT2D eigenvalue weighted by Gasteiger charge is -2.16. The highest BCUT2D eigenvalue weighted by Gasteiger charge is 2.22. The summed E-state index contributed by atoms with van der Waals surface area (Å²) in [5, 5.41) is 0.592. The van der Waals surface area contributed by atoms with Gasteiger partial charge in [-0.25, -0.2) is 0 Å². The van der Waals surface area contributed by atoms with E-state index in [2.05, 4.69) is 13.0 Å². The Morgan fingerprint density at radius 3 is 2.53 bits per heavy atom. The van der Waals surface area contributed by atoms with Crippen molar-refractivity contribution in [3.05, 3.63) is 23.3 Å². The van der Waals surface area contributed by atoms with E-state index in [1.165, 1.54) is 11.1 Å². The van der Waals surface area contributed by atoms with Gasteiger partial charge in [0.2, 0.25) is 0 Å². The SMILES string of the molecule is COc1cc2c(cc1OC)[C@H](N)CC(C)SC2. The van der Waals surface area contributed by atoms with Gasteiger partial charge in [-0.05, 0) is 29.7 Å². The van der Waals surface area contributed by atoms with Crippen LogP contribution in [-0.2, 0) is 5.75 Å². The van der Waals surface area contributed by atoms with Crippen LogP contribution in [0.15, 0.2) is 12.1 Å². The summed E-state index contributed by atoms with van der Waals surface area (Å²) in [6, 6.07) is 4.17. The van der Waals surface area contributed by atoms with Gasteiger partial charge in [0.15, 0.2) is 11.5 Å². The van der Waals surface area contributed by atoms with E-state index in [9.17, 15) is 0 Å². The third-order valence-corrected chi connectivity index (χ3v) is 4.39. The minimum Gasteiger partial charge on any atom is -0.493 e. The third-order valence-electron chi connectivity index (χ3n) is 3.15. The first-order valence-corrected chi connectivity index (χ1v) is 6.82. The molecule has 0 saturated carbocycles. The molecule has 1 heterocycles. The van der Waals surface area contributed by atoms with Crippen molar-refractivity contribution in [3.8, 4) is 11.5 Å². The molecule has 17 heavy (non-hydrogen) atoms. The molecule has 0 spiro atoms. The van der Waals surface area contributed by atoms with Crippen molar-refractivity contribution in [1.82, 2.24) is 0 Å². The standard InChI is InChI=1S/C13H19NO2S/c1-8-4-11(14)10-6-13(16-3)12(15-2)5-9(10)7-17-8/h5-6,8,11H,4,7,14H2,1-3H3/t8?,11-/m1/s1. The van der Waals surface area contributed by atoms with Gasteiger partial charge in [0.1, 0.15) is 0 Å². The van der Waals surface area contributed by atoms with Crippen LogP contribution in [0, 0.1) is 0 Å². The average molecular weight is 253 g/mol. The zero-order valence-electron chi connectivity index (χ0n) is 10.5. The monoisotopic (exact) mass is 253 g/mol. The van der Waals surface area contributed by atoms with Crippen molar-refractivity contribution in [1.29, 1.82) is 0 Å². The minimum absolute atomic E-state index is 0.0924. The number of hydrogen-bond acceptors (Lipinski definition) is 4. The summed E-state index contributed by atoms with van der Waals surface area (Å²) in [7, 11) is 3.32. The van der Waals surface area contributed by atoms with Gasteiger partial charge in [0, 0.05) is 17.0 Å². The summed E-state index contributed by atoms with van der Waals surface area (Å²) >= 11 is 1.94. The van der Waals surface area contributed by atoms with Crippen molar-refractivity contribution in [2.75, 3.05) is 14.2 Å². The molecule has 1 aliphatic rings. The van der Waals surface area contributed by atoms with Gasteiger partial charge < -0.3 is 15.2 Å². The zero-order chi connectivity index (χ0) is 12.4. The molecule has 0 amide bonds. The Balaban J connectivity index is 2.45. The summed E-state index contributed by atoms with van der Waals surface area (Å²) in [6.45, 7) is 2.23. The quantitative estimate of drug-likeness (QED) is 0.880. The van der Waals surface area contributed by atoms with Crippen LogP contribution in [0.5, 0.6) is 11.5 Å². The number of nitrogens with two attached hydrogens (primary N) is 1. The molecule has 2 rings (SSSR count). The molecule has 1 aromatic rings. The molecule has 0 aliphatic carbocycles. The number of fused-ring (bicyclic) bond motifs is 1. The summed E-state index contributed by atoms with van der Waals surface area (Å²) in [6.07, 6.45) is 1.01. The molecule has 0 saturated heterocycles. The minimum atomic E-state index is 0.0924. The van der Waals surface area contributed by atoms with Gasteiger partial charge in [-0.15, -0.1) is 0 Å². The summed E-state index contributed by atoms with van der Waals surface area (Å²) in [5.41, 5.74) is 8.70. The van der Waals surface area contributed by atoms with Crippen molar-refractivity contribution in [2.45, 2.75) is 30.4 Å². The number of thioether (sulfide) groups is 1. The first-order chi connectivity index (χ1) is 8.15. The van der Waals surface area contributed by atoms with E-state index in [4.69, 9.17) is 15.2 Å². The predicted molar refractivity (Wildman–Crippen MR) is 71.8 cm³/mol. The van der Waals surface area contributed by atoms with Gasteiger partial charge >= 0.3 is 0 Å². The van der Waals surface area contributed by atoms with E-state index in [1.54, 1.807) is 14.2 Å². The van der Waals surface area contributed by atoms with Gasteiger partial charge in [0.05, 0.1) is 14.2 Å². The second kappa shape index (κ2) is 5.19. The van der Waals surface area contributed by atoms with Crippen LogP contribution in [-0.4, -0.2) is 19.5 Å². The van der Waals surface area contributed by atoms with Crippen molar-refractivity contribution in [3.63, 3.8) is 0 Å². The van der Waals surface area contributed by atoms with Gasteiger partial charge in [-0.2, -0.15) is 11.8 Å². The van der Waals surface area contributed by atoms with Crippen LogP contribution in [0.1, 0.15) is 30.5 Å². The molecule has 1 aliphatic heterocycles. The molecular weight excluding hydrogens is 234 g/mol. The molecular formula is C13H19NO2S. The lowest BCUT2D eigenvalue weighted by Crippen LogP contribution is -2.14. The molecule has 94 valence electrons. The molecule has 2 atom stereocenters. The molecule has 2 N–H and O–H groups in total. The lowest BCUT2D eigenvalue weighted by atomic mass is 9.98. The van der Waals surface area contributed by atoms with E-state index < -0.39 is 0 Å². The fourth-order valence-corrected chi connectivity index (χ4v) is 3.25. The zero-order valence-corrected chi connectivity index (χ0v) is 11.3. The highest BCUT2D eigenvalue weighted by atomic mass is 32.2. The first-order valence-electron chi connectivity index (χ1n) is 5.77. The maximum absolute atomic E-state index is 6.24. The van der Waals surface area contributed by atoms with E-state index in [1.807, 2.05) is 17.8 Å². The number of benzene rings is 1. The molecule has 1 unspecified atom stereocenters. The Bertz CT molecular complexity index is 409. The smallest absolute Gasteiger partial charge is 0.161 e. The fraction of sp³-hybridized carbons (Fsp3) is 0.538. The largest absolute Gasteiger partial charge is 0.493 e. The summed E-state index contributed by atoms with van der Waals surface area (Å²) < 4.78 is 10.7. The van der Waals surface area contributed by atoms with Gasteiger partial charge in [-0.1, -0.05) is 6.92 Å². The topological polar surface area (TPSA) is 44.5 Å². The van der Waals surface area contributed by atoms with Crippen molar-refractivity contribution in [2.24, 2.45) is 5.73 Å². The molecule has 0 radical (unpaired) electrons. The van der Waals surface area contributed by atoms with Crippen molar-refractivity contribution < 1.29 is 9.47 Å². The maximum Gasteiger partial charge on any atom is 0.161 e. The van der Waals surface area contributed by atoms with Crippen LogP contribution in [0.2, 0.25) is 0 Å². The number of methoxy groups -OCH3 is 2. The Morgan fingerprint density at radius 2 is 1.88 bits per heavy atom. The van der Waals surface area contributed by atoms with Crippen LogP contribution in [0.4, 0.5) is 0 Å². The average Bonchev–Trinajstić information content (AvgIpc) is 2.47. The summed E-state index contributed by atoms with van der Waals surface area (Å²) in [4.78, 5) is 0. The molecule has 3 nitrogen and oxygen atoms in total. The van der Waals surface area contributed by atoms with E-state index in [-0.39, 0.29) is 6.04 Å². The second-order valence-corrected chi connectivity index (χ2v) is 5.80. The normalized spacial score (nSPS) is 23.8. The first kappa shape index (κ1) is 12.6. The van der Waals surface area contributed by atoms with Crippen LogP contribution >= 0.6 is 11.8 Å². The number of rotatable bonds is 2. The van der Waals surface area contributed by atoms with Crippen LogP contribution < -0.4 is 15.2 Å². The second-order valence-electron chi connectivity index (χ2n) is 4.37. The maximum atomic E-state index is 6.24. The Labute approximate surface area is 107 Å².